The van der Waals surface area contributed by atoms with Crippen LogP contribution in [0.4, 0.5) is 0 Å². The highest BCUT2D eigenvalue weighted by Gasteiger charge is 2.03. The Morgan fingerprint density at radius 1 is 1.30 bits per heavy atom. The second kappa shape index (κ2) is 8.55. The minimum atomic E-state index is -0.375. The maximum Gasteiger partial charge on any atom is 0.277 e. The van der Waals surface area contributed by atoms with Gasteiger partial charge in [0.1, 0.15) is 11.5 Å². The van der Waals surface area contributed by atoms with E-state index in [2.05, 4.69) is 26.5 Å². The van der Waals surface area contributed by atoms with Gasteiger partial charge in [0, 0.05) is 15.1 Å². The number of nitrogens with one attached hydrogen (secondary N) is 1. The Kier molecular flexibility index (Phi) is 6.43. The Balaban J connectivity index is 1.86. The van der Waals surface area contributed by atoms with Crippen LogP contribution >= 0.6 is 27.5 Å². The summed E-state index contributed by atoms with van der Waals surface area (Å²) in [5.74, 6) is 0.845. The molecule has 0 bridgehead atoms. The van der Waals surface area contributed by atoms with Crippen molar-refractivity contribution in [3.05, 3.63) is 57.5 Å². The summed E-state index contributed by atoms with van der Waals surface area (Å²) in [5, 5.41) is 4.44. The lowest BCUT2D eigenvalue weighted by Crippen LogP contribution is -2.24. The molecule has 0 radical (unpaired) electrons. The number of hydrogen-bond donors (Lipinski definition) is 1. The summed E-state index contributed by atoms with van der Waals surface area (Å²) >= 11 is 9.23. The van der Waals surface area contributed by atoms with Gasteiger partial charge in [-0.25, -0.2) is 5.43 Å². The summed E-state index contributed by atoms with van der Waals surface area (Å²) in [6.07, 6.45) is 1.52. The third-order valence-electron chi connectivity index (χ3n) is 2.76. The zero-order valence-corrected chi connectivity index (χ0v) is 14.6. The van der Waals surface area contributed by atoms with E-state index in [1.807, 2.05) is 12.1 Å². The van der Waals surface area contributed by atoms with Gasteiger partial charge in [0.05, 0.1) is 13.3 Å². The predicted molar refractivity (Wildman–Crippen MR) is 93.4 cm³/mol. The highest BCUT2D eigenvalue weighted by molar-refractivity contribution is 9.10. The van der Waals surface area contributed by atoms with E-state index >= 15 is 0 Å². The van der Waals surface area contributed by atoms with Crippen LogP contribution in [0.15, 0.2) is 52.0 Å². The smallest absolute Gasteiger partial charge is 0.277 e. The number of carbonyl (C=O) groups excluding carboxylic acids is 1. The molecule has 0 aliphatic carbocycles. The van der Waals surface area contributed by atoms with Crippen molar-refractivity contribution < 1.29 is 14.3 Å². The molecule has 0 fully saturated rings. The molecule has 120 valence electrons. The standard InChI is InChI=1S/C16H14BrClN2O3/c1-22-13-5-6-15(17)11(7-13)9-19-20-16(21)10-23-14-4-2-3-12(18)8-14/h2-9H,10H2,1H3,(H,20,21). The number of rotatable bonds is 6. The van der Waals surface area contributed by atoms with Crippen LogP contribution in [0.1, 0.15) is 5.56 Å². The molecule has 7 heteroatoms. The van der Waals surface area contributed by atoms with Crippen LogP contribution in [-0.4, -0.2) is 25.8 Å². The second-order valence-corrected chi connectivity index (χ2v) is 5.72. The van der Waals surface area contributed by atoms with Crippen LogP contribution < -0.4 is 14.9 Å². The molecule has 0 heterocycles. The summed E-state index contributed by atoms with van der Waals surface area (Å²) in [4.78, 5) is 11.7. The van der Waals surface area contributed by atoms with Crippen LogP contribution in [0.3, 0.4) is 0 Å². The molecule has 0 aliphatic rings. The quantitative estimate of drug-likeness (QED) is 0.598. The predicted octanol–water partition coefficient (Wildman–Crippen LogP) is 3.64. The fraction of sp³-hybridized carbons (Fsp3) is 0.125. The third-order valence-corrected chi connectivity index (χ3v) is 3.72. The van der Waals surface area contributed by atoms with Crippen molar-refractivity contribution in [2.45, 2.75) is 0 Å². The molecule has 0 unspecified atom stereocenters. The Bertz CT molecular complexity index is 722. The number of methoxy groups -OCH3 is 1. The van der Waals surface area contributed by atoms with Gasteiger partial charge in [0.2, 0.25) is 0 Å². The van der Waals surface area contributed by atoms with Gasteiger partial charge in [0.25, 0.3) is 5.91 Å². The first-order chi connectivity index (χ1) is 11.1. The first-order valence-electron chi connectivity index (χ1n) is 6.62. The Morgan fingerprint density at radius 2 is 2.13 bits per heavy atom. The molecular formula is C16H14BrClN2O3. The highest BCUT2D eigenvalue weighted by Crippen LogP contribution is 2.20. The van der Waals surface area contributed by atoms with E-state index in [4.69, 9.17) is 21.1 Å². The summed E-state index contributed by atoms with van der Waals surface area (Å²) in [5.41, 5.74) is 3.17. The number of nitrogens with zero attached hydrogens (tertiary/aromatic N) is 1. The van der Waals surface area contributed by atoms with Crippen LogP contribution in [0.5, 0.6) is 11.5 Å². The Morgan fingerprint density at radius 3 is 2.87 bits per heavy atom. The van der Waals surface area contributed by atoms with Gasteiger partial charge < -0.3 is 9.47 Å². The fourth-order valence-electron chi connectivity index (χ4n) is 1.66. The maximum absolute atomic E-state index is 11.7. The highest BCUT2D eigenvalue weighted by atomic mass is 79.9. The monoisotopic (exact) mass is 396 g/mol. The number of carbonyl (C=O) groups is 1. The molecule has 0 atom stereocenters. The van der Waals surface area contributed by atoms with Crippen molar-refractivity contribution in [2.24, 2.45) is 5.10 Å². The Hall–Kier alpha value is -2.05. The van der Waals surface area contributed by atoms with Crippen LogP contribution in [0.2, 0.25) is 5.02 Å². The van der Waals surface area contributed by atoms with Crippen molar-refractivity contribution >= 4 is 39.7 Å². The van der Waals surface area contributed by atoms with Crippen molar-refractivity contribution in [3.8, 4) is 11.5 Å². The molecule has 5 nitrogen and oxygen atoms in total. The number of hydrogen-bond acceptors (Lipinski definition) is 4. The zero-order chi connectivity index (χ0) is 16.7. The van der Waals surface area contributed by atoms with Crippen molar-refractivity contribution in [1.29, 1.82) is 0 Å². The summed E-state index contributed by atoms with van der Waals surface area (Å²) in [6.45, 7) is -0.156. The van der Waals surface area contributed by atoms with Crippen molar-refractivity contribution in [3.63, 3.8) is 0 Å². The third kappa shape index (κ3) is 5.58. The molecule has 2 aromatic carbocycles. The second-order valence-electron chi connectivity index (χ2n) is 4.43. The summed E-state index contributed by atoms with van der Waals surface area (Å²) < 4.78 is 11.3. The topological polar surface area (TPSA) is 59.9 Å². The molecule has 0 spiro atoms. The van der Waals surface area contributed by atoms with Gasteiger partial charge in [0.15, 0.2) is 6.61 Å². The molecule has 2 aromatic rings. The maximum atomic E-state index is 11.7. The van der Waals surface area contributed by atoms with E-state index in [-0.39, 0.29) is 12.5 Å². The number of ether oxygens (including phenoxy) is 2. The van der Waals surface area contributed by atoms with Crippen LogP contribution in [-0.2, 0) is 4.79 Å². The van der Waals surface area contributed by atoms with Crippen molar-refractivity contribution in [1.82, 2.24) is 5.43 Å². The summed E-state index contributed by atoms with van der Waals surface area (Å²) in [6, 6.07) is 12.3. The SMILES string of the molecule is COc1ccc(Br)c(C=NNC(=O)COc2cccc(Cl)c2)c1. The van der Waals surface area contributed by atoms with Gasteiger partial charge in [-0.3, -0.25) is 4.79 Å². The number of amides is 1. The lowest BCUT2D eigenvalue weighted by molar-refractivity contribution is -0.123. The van der Waals surface area contributed by atoms with Crippen molar-refractivity contribution in [2.75, 3.05) is 13.7 Å². The average molecular weight is 398 g/mol. The molecule has 0 aromatic heterocycles. The lowest BCUT2D eigenvalue weighted by atomic mass is 10.2. The first kappa shape index (κ1) is 17.3. The Labute approximate surface area is 147 Å². The molecule has 2 rings (SSSR count). The van der Waals surface area contributed by atoms with Crippen LogP contribution in [0.25, 0.3) is 0 Å². The van der Waals surface area contributed by atoms with Gasteiger partial charge in [-0.15, -0.1) is 0 Å². The lowest BCUT2D eigenvalue weighted by Gasteiger charge is -2.05. The number of halogens is 2. The van der Waals surface area contributed by atoms with Crippen LogP contribution in [0, 0.1) is 0 Å². The number of benzene rings is 2. The fourth-order valence-corrected chi connectivity index (χ4v) is 2.19. The molecule has 23 heavy (non-hydrogen) atoms. The normalized spacial score (nSPS) is 10.6. The van der Waals surface area contributed by atoms with E-state index in [0.29, 0.717) is 16.5 Å². The van der Waals surface area contributed by atoms with E-state index in [1.165, 1.54) is 6.21 Å². The van der Waals surface area contributed by atoms with E-state index in [1.54, 1.807) is 37.4 Å². The van der Waals surface area contributed by atoms with Gasteiger partial charge >= 0.3 is 0 Å². The minimum Gasteiger partial charge on any atom is -0.497 e. The molecule has 0 aliphatic heterocycles. The average Bonchev–Trinajstić information content (AvgIpc) is 2.55. The van der Waals surface area contributed by atoms with E-state index in [9.17, 15) is 4.79 Å². The van der Waals surface area contributed by atoms with E-state index < -0.39 is 0 Å². The van der Waals surface area contributed by atoms with Gasteiger partial charge in [-0.2, -0.15) is 5.10 Å². The zero-order valence-electron chi connectivity index (χ0n) is 12.3. The first-order valence-corrected chi connectivity index (χ1v) is 7.79. The minimum absolute atomic E-state index is 0.156. The van der Waals surface area contributed by atoms with E-state index in [0.717, 1.165) is 10.0 Å². The molecule has 0 saturated heterocycles. The molecular weight excluding hydrogens is 384 g/mol. The molecule has 1 amide bonds. The van der Waals surface area contributed by atoms with Gasteiger partial charge in [-0.05, 0) is 36.4 Å². The molecule has 1 N–H and O–H groups in total. The van der Waals surface area contributed by atoms with Gasteiger partial charge in [-0.1, -0.05) is 33.6 Å². The largest absolute Gasteiger partial charge is 0.497 e. The summed E-state index contributed by atoms with van der Waals surface area (Å²) in [7, 11) is 1.58. The molecule has 0 saturated carbocycles. The number of hydrazone groups is 1.